The Morgan fingerprint density at radius 1 is 1.25 bits per heavy atom. The van der Waals surface area contributed by atoms with Gasteiger partial charge in [-0.1, -0.05) is 26.7 Å². The van der Waals surface area contributed by atoms with Crippen molar-refractivity contribution in [3.8, 4) is 0 Å². The summed E-state index contributed by atoms with van der Waals surface area (Å²) in [6.07, 6.45) is 3.90. The van der Waals surface area contributed by atoms with E-state index in [2.05, 4.69) is 24.0 Å². The van der Waals surface area contributed by atoms with E-state index in [4.69, 9.17) is 15.4 Å². The van der Waals surface area contributed by atoms with Gasteiger partial charge in [0.2, 0.25) is 0 Å². The van der Waals surface area contributed by atoms with Crippen molar-refractivity contribution in [1.29, 1.82) is 0 Å². The van der Waals surface area contributed by atoms with Crippen LogP contribution in [0.3, 0.4) is 0 Å². The molecule has 116 valence electrons. The highest BCUT2D eigenvalue weighted by Crippen LogP contribution is 2.27. The maximum Gasteiger partial charge on any atom is 0.296 e. The number of ether oxygens (including phenoxy) is 1. The summed E-state index contributed by atoms with van der Waals surface area (Å²) >= 11 is 0. The molecule has 0 radical (unpaired) electrons. The topological polar surface area (TPSA) is 74.1 Å². The van der Waals surface area contributed by atoms with Crippen LogP contribution in [0.25, 0.3) is 0 Å². The highest BCUT2D eigenvalue weighted by atomic mass is 35.7. The Balaban J connectivity index is 3.20. The molecule has 6 nitrogen and oxygen atoms in total. The average molecular weight is 324 g/mol. The highest BCUT2D eigenvalue weighted by molar-refractivity contribution is 8.13. The molecule has 0 bridgehead atoms. The first kappa shape index (κ1) is 17.4. The van der Waals surface area contributed by atoms with Crippen LogP contribution in [-0.4, -0.2) is 36.9 Å². The zero-order valence-electron chi connectivity index (χ0n) is 12.2. The second kappa shape index (κ2) is 7.95. The monoisotopic (exact) mass is 323 g/mol. The lowest BCUT2D eigenvalue weighted by Crippen LogP contribution is -2.15. The van der Waals surface area contributed by atoms with Gasteiger partial charge in [0, 0.05) is 30.3 Å². The Labute approximate surface area is 124 Å². The molecule has 0 aliphatic rings. The molecule has 8 heteroatoms. The molecule has 1 aromatic rings. The fourth-order valence-electron chi connectivity index (χ4n) is 2.27. The van der Waals surface area contributed by atoms with E-state index in [1.165, 1.54) is 0 Å². The third-order valence-electron chi connectivity index (χ3n) is 3.12. The summed E-state index contributed by atoms with van der Waals surface area (Å²) in [5.74, 6) is 0.881. The fourth-order valence-corrected chi connectivity index (χ4v) is 3.20. The van der Waals surface area contributed by atoms with Crippen molar-refractivity contribution in [3.05, 3.63) is 5.82 Å². The fraction of sp³-hybridized carbons (Fsp3) is 0.833. The van der Waals surface area contributed by atoms with Crippen LogP contribution in [0, 0.1) is 0 Å². The van der Waals surface area contributed by atoms with Crippen LogP contribution >= 0.6 is 10.7 Å². The molecule has 0 aliphatic carbocycles. The van der Waals surface area contributed by atoms with E-state index >= 15 is 0 Å². The second-order valence-corrected chi connectivity index (χ2v) is 7.16. The van der Waals surface area contributed by atoms with Crippen molar-refractivity contribution in [2.24, 2.45) is 0 Å². The molecule has 0 unspecified atom stereocenters. The van der Waals surface area contributed by atoms with Crippen LogP contribution in [0.5, 0.6) is 0 Å². The van der Waals surface area contributed by atoms with Crippen molar-refractivity contribution < 1.29 is 13.2 Å². The minimum atomic E-state index is -3.90. The van der Waals surface area contributed by atoms with Gasteiger partial charge in [-0.3, -0.25) is 4.57 Å². The van der Waals surface area contributed by atoms with E-state index in [1.807, 2.05) is 0 Å². The maximum absolute atomic E-state index is 11.6. The number of methoxy groups -OCH3 is 1. The molecule has 0 N–H and O–H groups in total. The summed E-state index contributed by atoms with van der Waals surface area (Å²) in [5, 5.41) is 7.64. The number of halogens is 1. The number of nitrogens with zero attached hydrogens (tertiary/aromatic N) is 3. The summed E-state index contributed by atoms with van der Waals surface area (Å²) in [6, 6.07) is 0. The van der Waals surface area contributed by atoms with E-state index < -0.39 is 9.05 Å². The molecule has 0 spiro atoms. The van der Waals surface area contributed by atoms with Crippen LogP contribution in [-0.2, 0) is 20.3 Å². The lowest BCUT2D eigenvalue weighted by atomic mass is 9.97. The smallest absolute Gasteiger partial charge is 0.296 e. The second-order valence-electron chi connectivity index (χ2n) is 4.70. The SMILES string of the molecule is CCCC(CCC)c1nnc(S(=O)(=O)Cl)n1CCOC. The van der Waals surface area contributed by atoms with E-state index in [0.717, 1.165) is 25.7 Å². The maximum atomic E-state index is 11.6. The van der Waals surface area contributed by atoms with Gasteiger partial charge in [0.05, 0.1) is 6.61 Å². The van der Waals surface area contributed by atoms with Crippen LogP contribution in [0.15, 0.2) is 5.16 Å². The minimum absolute atomic E-state index is 0.191. The molecule has 0 aliphatic heterocycles. The summed E-state index contributed by atoms with van der Waals surface area (Å²) in [5.41, 5.74) is 0. The zero-order chi connectivity index (χ0) is 15.2. The third-order valence-corrected chi connectivity index (χ3v) is 4.27. The first-order chi connectivity index (χ1) is 9.45. The Morgan fingerprint density at radius 3 is 2.30 bits per heavy atom. The van der Waals surface area contributed by atoms with E-state index in [9.17, 15) is 8.42 Å². The number of rotatable bonds is 9. The molecule has 0 saturated carbocycles. The van der Waals surface area contributed by atoms with Crippen LogP contribution in [0.1, 0.15) is 51.3 Å². The molecule has 1 heterocycles. The van der Waals surface area contributed by atoms with Crippen molar-refractivity contribution in [3.63, 3.8) is 0 Å². The standard InChI is InChI=1S/C12H22ClN3O3S/c1-4-6-10(7-5-2)11-14-15-12(20(13,17)18)16(11)8-9-19-3/h10H,4-9H2,1-3H3. The quantitative estimate of drug-likeness (QED) is 0.653. The van der Waals surface area contributed by atoms with Gasteiger partial charge in [0.15, 0.2) is 0 Å². The number of hydrogen-bond acceptors (Lipinski definition) is 5. The molecule has 0 saturated heterocycles. The minimum Gasteiger partial charge on any atom is -0.383 e. The summed E-state index contributed by atoms with van der Waals surface area (Å²) in [7, 11) is 3.09. The van der Waals surface area contributed by atoms with Crippen LogP contribution in [0.4, 0.5) is 0 Å². The van der Waals surface area contributed by atoms with Gasteiger partial charge < -0.3 is 4.74 Å². The molecule has 20 heavy (non-hydrogen) atoms. The first-order valence-corrected chi connectivity index (χ1v) is 9.13. The molecular formula is C12H22ClN3O3S. The molecule has 1 aromatic heterocycles. The van der Waals surface area contributed by atoms with Gasteiger partial charge in [0.25, 0.3) is 14.2 Å². The molecule has 0 aromatic carbocycles. The Morgan fingerprint density at radius 2 is 1.85 bits per heavy atom. The Hall–Kier alpha value is -0.660. The van der Waals surface area contributed by atoms with E-state index in [-0.39, 0.29) is 11.1 Å². The van der Waals surface area contributed by atoms with Crippen molar-refractivity contribution in [1.82, 2.24) is 14.8 Å². The van der Waals surface area contributed by atoms with Crippen molar-refractivity contribution >= 4 is 19.7 Å². The van der Waals surface area contributed by atoms with Crippen LogP contribution < -0.4 is 0 Å². The predicted molar refractivity (Wildman–Crippen MR) is 77.5 cm³/mol. The van der Waals surface area contributed by atoms with Gasteiger partial charge in [-0.2, -0.15) is 0 Å². The summed E-state index contributed by atoms with van der Waals surface area (Å²) < 4.78 is 29.7. The first-order valence-electron chi connectivity index (χ1n) is 6.82. The lowest BCUT2D eigenvalue weighted by molar-refractivity contribution is 0.182. The lowest BCUT2D eigenvalue weighted by Gasteiger charge is -2.16. The van der Waals surface area contributed by atoms with Gasteiger partial charge in [-0.15, -0.1) is 10.2 Å². The molecule has 1 rings (SSSR count). The van der Waals surface area contributed by atoms with E-state index in [1.54, 1.807) is 11.7 Å². The normalized spacial score (nSPS) is 12.2. The van der Waals surface area contributed by atoms with Gasteiger partial charge >= 0.3 is 0 Å². The van der Waals surface area contributed by atoms with Gasteiger partial charge in [-0.05, 0) is 12.8 Å². The zero-order valence-corrected chi connectivity index (χ0v) is 13.7. The molecule has 0 fully saturated rings. The largest absolute Gasteiger partial charge is 0.383 e. The molecule has 0 atom stereocenters. The highest BCUT2D eigenvalue weighted by Gasteiger charge is 2.26. The van der Waals surface area contributed by atoms with Gasteiger partial charge in [-0.25, -0.2) is 8.42 Å². The van der Waals surface area contributed by atoms with Crippen molar-refractivity contribution in [2.75, 3.05) is 13.7 Å². The third kappa shape index (κ3) is 4.43. The van der Waals surface area contributed by atoms with Crippen LogP contribution in [0.2, 0.25) is 0 Å². The van der Waals surface area contributed by atoms with E-state index in [0.29, 0.717) is 19.0 Å². The Kier molecular flexibility index (Phi) is 6.91. The van der Waals surface area contributed by atoms with Gasteiger partial charge in [0.1, 0.15) is 5.82 Å². The average Bonchev–Trinajstić information content (AvgIpc) is 2.79. The molecular weight excluding hydrogens is 302 g/mol. The number of hydrogen-bond donors (Lipinski definition) is 0. The summed E-state index contributed by atoms with van der Waals surface area (Å²) in [4.78, 5) is 0. The summed E-state index contributed by atoms with van der Waals surface area (Å²) in [6.45, 7) is 4.95. The van der Waals surface area contributed by atoms with Crippen molar-refractivity contribution in [2.45, 2.75) is 57.1 Å². The Bertz CT molecular complexity index is 510. The predicted octanol–water partition coefficient (Wildman–Crippen LogP) is 2.54. The molecule has 0 amide bonds. The number of aromatic nitrogens is 3.